The van der Waals surface area contributed by atoms with Crippen molar-refractivity contribution in [3.05, 3.63) is 23.8 Å². The molecule has 0 radical (unpaired) electrons. The summed E-state index contributed by atoms with van der Waals surface area (Å²) in [5.41, 5.74) is 0.906. The highest BCUT2D eigenvalue weighted by Gasteiger charge is 2.14. The van der Waals surface area contributed by atoms with E-state index in [1.165, 1.54) is 6.42 Å². The number of ether oxygens (including phenoxy) is 1. The minimum atomic E-state index is -0.495. The molecule has 0 bridgehead atoms. The lowest BCUT2D eigenvalue weighted by molar-refractivity contribution is 0.191. The first-order valence-electron chi connectivity index (χ1n) is 6.07. The van der Waals surface area contributed by atoms with Crippen LogP contribution in [0.1, 0.15) is 38.9 Å². The Kier molecular flexibility index (Phi) is 5.86. The van der Waals surface area contributed by atoms with Crippen LogP contribution >= 0.6 is 11.8 Å². The molecule has 0 aliphatic carbocycles. The van der Waals surface area contributed by atoms with Gasteiger partial charge in [-0.05, 0) is 25.0 Å². The summed E-state index contributed by atoms with van der Waals surface area (Å²) in [5.74, 6) is 2.53. The second-order valence-electron chi connectivity index (χ2n) is 4.37. The smallest absolute Gasteiger partial charge is 0.125 e. The molecule has 1 aromatic carbocycles. The molecule has 0 spiro atoms. The summed E-state index contributed by atoms with van der Waals surface area (Å²) < 4.78 is 5.31. The first kappa shape index (κ1) is 14.4. The van der Waals surface area contributed by atoms with Crippen molar-refractivity contribution in [3.8, 4) is 5.75 Å². The first-order valence-corrected chi connectivity index (χ1v) is 7.06. The summed E-state index contributed by atoms with van der Waals surface area (Å²) in [6, 6.07) is 5.93. The lowest BCUT2D eigenvalue weighted by Crippen LogP contribution is -2.01. The second kappa shape index (κ2) is 6.92. The van der Waals surface area contributed by atoms with Crippen LogP contribution in [0.4, 0.5) is 0 Å². The predicted molar refractivity (Wildman–Crippen MR) is 73.8 cm³/mol. The minimum absolute atomic E-state index is 0.495. The summed E-state index contributed by atoms with van der Waals surface area (Å²) in [4.78, 5) is 1.12. The van der Waals surface area contributed by atoms with Crippen molar-refractivity contribution in [2.24, 2.45) is 5.92 Å². The maximum atomic E-state index is 9.85. The molecule has 0 saturated carbocycles. The Bertz CT molecular complexity index is 350. The lowest BCUT2D eigenvalue weighted by atomic mass is 10.1. The molecule has 3 heteroatoms. The van der Waals surface area contributed by atoms with Gasteiger partial charge in [-0.3, -0.25) is 0 Å². The fraction of sp³-hybridized carbons (Fsp3) is 0.571. The summed E-state index contributed by atoms with van der Waals surface area (Å²) in [6.07, 6.45) is 0.687. The molecule has 0 fully saturated rings. The normalized spacial score (nSPS) is 14.4. The number of benzene rings is 1. The molecule has 1 aromatic rings. The van der Waals surface area contributed by atoms with Gasteiger partial charge in [0.25, 0.3) is 0 Å². The standard InChI is InChI=1S/C14H22O2S/c1-5-10(2)9-17-13-8-6-7-12(16-4)14(13)11(3)15/h6-8,10-11,15H,5,9H2,1-4H3/t10?,11-/m0/s1. The van der Waals surface area contributed by atoms with Gasteiger partial charge in [0.2, 0.25) is 0 Å². The SMILES string of the molecule is CCC(C)CSc1cccc(OC)c1[C@H](C)O. The number of aliphatic hydroxyl groups is 1. The number of hydrogen-bond donors (Lipinski definition) is 1. The van der Waals surface area contributed by atoms with Crippen LogP contribution in [0.15, 0.2) is 23.1 Å². The van der Waals surface area contributed by atoms with Crippen molar-refractivity contribution in [1.29, 1.82) is 0 Å². The van der Waals surface area contributed by atoms with Gasteiger partial charge < -0.3 is 9.84 Å². The average molecular weight is 254 g/mol. The molecule has 2 nitrogen and oxygen atoms in total. The summed E-state index contributed by atoms with van der Waals surface area (Å²) in [6.45, 7) is 6.23. The van der Waals surface area contributed by atoms with Crippen molar-refractivity contribution in [1.82, 2.24) is 0 Å². The third-order valence-electron chi connectivity index (χ3n) is 2.88. The molecule has 0 aliphatic heterocycles. The van der Waals surface area contributed by atoms with Crippen LogP contribution < -0.4 is 4.74 Å². The maximum absolute atomic E-state index is 9.85. The molecule has 1 N–H and O–H groups in total. The maximum Gasteiger partial charge on any atom is 0.125 e. The number of methoxy groups -OCH3 is 1. The van der Waals surface area contributed by atoms with Crippen LogP contribution in [0.3, 0.4) is 0 Å². The summed E-state index contributed by atoms with van der Waals surface area (Å²) >= 11 is 1.80. The van der Waals surface area contributed by atoms with E-state index in [2.05, 4.69) is 19.9 Å². The van der Waals surface area contributed by atoms with E-state index < -0.39 is 6.10 Å². The Morgan fingerprint density at radius 1 is 1.35 bits per heavy atom. The zero-order chi connectivity index (χ0) is 12.8. The van der Waals surface area contributed by atoms with Crippen LogP contribution in [-0.2, 0) is 0 Å². The number of hydrogen-bond acceptors (Lipinski definition) is 3. The minimum Gasteiger partial charge on any atom is -0.496 e. The predicted octanol–water partition coefficient (Wildman–Crippen LogP) is 3.89. The van der Waals surface area contributed by atoms with Gasteiger partial charge in [-0.2, -0.15) is 0 Å². The van der Waals surface area contributed by atoms with Crippen LogP contribution in [0.25, 0.3) is 0 Å². The second-order valence-corrected chi connectivity index (χ2v) is 5.43. The van der Waals surface area contributed by atoms with Gasteiger partial charge in [0.15, 0.2) is 0 Å². The molecular formula is C14H22O2S. The lowest BCUT2D eigenvalue weighted by Gasteiger charge is -2.16. The van der Waals surface area contributed by atoms with Gasteiger partial charge in [0.05, 0.1) is 13.2 Å². The fourth-order valence-electron chi connectivity index (χ4n) is 1.59. The highest BCUT2D eigenvalue weighted by molar-refractivity contribution is 7.99. The Labute approximate surface area is 108 Å². The molecule has 0 aliphatic rings. The van der Waals surface area contributed by atoms with E-state index >= 15 is 0 Å². The topological polar surface area (TPSA) is 29.5 Å². The molecule has 0 saturated heterocycles. The van der Waals surface area contributed by atoms with Crippen LogP contribution in [0.2, 0.25) is 0 Å². The fourth-order valence-corrected chi connectivity index (χ4v) is 2.89. The molecule has 1 unspecified atom stereocenters. The Morgan fingerprint density at radius 3 is 2.59 bits per heavy atom. The van der Waals surface area contributed by atoms with E-state index in [0.717, 1.165) is 22.0 Å². The number of thioether (sulfide) groups is 1. The van der Waals surface area contributed by atoms with Crippen LogP contribution in [0, 0.1) is 5.92 Å². The largest absolute Gasteiger partial charge is 0.496 e. The van der Waals surface area contributed by atoms with E-state index in [-0.39, 0.29) is 0 Å². The quantitative estimate of drug-likeness (QED) is 0.781. The van der Waals surface area contributed by atoms with Crippen LogP contribution in [-0.4, -0.2) is 18.0 Å². The molecule has 0 amide bonds. The third kappa shape index (κ3) is 3.93. The van der Waals surface area contributed by atoms with Crippen molar-refractivity contribution in [2.45, 2.75) is 38.2 Å². The Morgan fingerprint density at radius 2 is 2.06 bits per heavy atom. The highest BCUT2D eigenvalue weighted by atomic mass is 32.2. The number of aliphatic hydroxyl groups excluding tert-OH is 1. The van der Waals surface area contributed by atoms with Crippen molar-refractivity contribution in [2.75, 3.05) is 12.9 Å². The van der Waals surface area contributed by atoms with Crippen molar-refractivity contribution in [3.63, 3.8) is 0 Å². The van der Waals surface area contributed by atoms with Gasteiger partial charge in [0.1, 0.15) is 5.75 Å². The van der Waals surface area contributed by atoms with Gasteiger partial charge in [-0.15, -0.1) is 11.8 Å². The Hall–Kier alpha value is -0.670. The zero-order valence-corrected chi connectivity index (χ0v) is 11.9. The monoisotopic (exact) mass is 254 g/mol. The van der Waals surface area contributed by atoms with Gasteiger partial charge in [0, 0.05) is 16.2 Å². The summed E-state index contributed by atoms with van der Waals surface area (Å²) in [7, 11) is 1.64. The Balaban J connectivity index is 2.90. The van der Waals surface area contributed by atoms with Crippen molar-refractivity contribution >= 4 is 11.8 Å². The zero-order valence-electron chi connectivity index (χ0n) is 11.1. The molecule has 96 valence electrons. The van der Waals surface area contributed by atoms with E-state index in [9.17, 15) is 5.11 Å². The van der Waals surface area contributed by atoms with E-state index in [4.69, 9.17) is 4.74 Å². The van der Waals surface area contributed by atoms with Crippen LogP contribution in [0.5, 0.6) is 5.75 Å². The number of rotatable bonds is 6. The first-order chi connectivity index (χ1) is 8.10. The average Bonchev–Trinajstić information content (AvgIpc) is 2.34. The summed E-state index contributed by atoms with van der Waals surface area (Å²) in [5, 5.41) is 9.85. The molecule has 0 aromatic heterocycles. The molecule has 2 atom stereocenters. The molecule has 1 rings (SSSR count). The third-order valence-corrected chi connectivity index (χ3v) is 4.29. The molecule has 0 heterocycles. The van der Waals surface area contributed by atoms with Crippen molar-refractivity contribution < 1.29 is 9.84 Å². The van der Waals surface area contributed by atoms with Gasteiger partial charge in [-0.25, -0.2) is 0 Å². The van der Waals surface area contributed by atoms with E-state index in [0.29, 0.717) is 5.92 Å². The molecule has 17 heavy (non-hydrogen) atoms. The van der Waals surface area contributed by atoms with Gasteiger partial charge >= 0.3 is 0 Å². The van der Waals surface area contributed by atoms with E-state index in [1.807, 2.05) is 12.1 Å². The molecular weight excluding hydrogens is 232 g/mol. The van der Waals surface area contributed by atoms with Gasteiger partial charge in [-0.1, -0.05) is 26.3 Å². The highest BCUT2D eigenvalue weighted by Crippen LogP contribution is 2.35. The van der Waals surface area contributed by atoms with E-state index in [1.54, 1.807) is 25.8 Å².